The molecular weight excluding hydrogens is 308 g/mol. The quantitative estimate of drug-likeness (QED) is 0.733. The van der Waals surface area contributed by atoms with E-state index in [1.165, 1.54) is 5.69 Å². The average molecular weight is 330 g/mol. The molecule has 3 aromatic rings. The van der Waals surface area contributed by atoms with Crippen molar-refractivity contribution in [3.8, 4) is 11.3 Å². The van der Waals surface area contributed by atoms with Gasteiger partial charge in [0.05, 0.1) is 11.2 Å². The molecule has 4 heteroatoms. The zero-order valence-corrected chi connectivity index (χ0v) is 14.5. The van der Waals surface area contributed by atoms with E-state index in [0.717, 1.165) is 53.9 Å². The molecule has 0 aliphatic carbocycles. The molecule has 0 N–H and O–H groups in total. The first-order valence-corrected chi connectivity index (χ1v) is 8.66. The summed E-state index contributed by atoms with van der Waals surface area (Å²) in [5, 5.41) is 1.07. The van der Waals surface area contributed by atoms with Gasteiger partial charge in [-0.25, -0.2) is 9.97 Å². The van der Waals surface area contributed by atoms with Crippen molar-refractivity contribution in [2.24, 2.45) is 0 Å². The maximum Gasteiger partial charge on any atom is 0.116 e. The number of aromatic nitrogens is 2. The molecule has 0 amide bonds. The fourth-order valence-electron chi connectivity index (χ4n) is 3.35. The van der Waals surface area contributed by atoms with E-state index in [2.05, 4.69) is 63.7 Å². The number of fused-ring (bicyclic) bond motifs is 1. The molecule has 0 saturated carbocycles. The highest BCUT2D eigenvalue weighted by Crippen LogP contribution is 2.29. The second-order valence-electron chi connectivity index (χ2n) is 6.54. The highest BCUT2D eigenvalue weighted by Gasteiger charge is 2.15. The molecule has 2 heterocycles. The van der Waals surface area contributed by atoms with E-state index in [1.54, 1.807) is 6.33 Å². The van der Waals surface area contributed by atoms with Gasteiger partial charge in [-0.3, -0.25) is 0 Å². The molecule has 0 atom stereocenters. The van der Waals surface area contributed by atoms with E-state index in [0.29, 0.717) is 0 Å². The molecule has 1 fully saturated rings. The molecule has 126 valence electrons. The molecule has 0 unspecified atom stereocenters. The van der Waals surface area contributed by atoms with Crippen molar-refractivity contribution in [2.45, 2.75) is 0 Å². The Morgan fingerprint density at radius 1 is 1.00 bits per heavy atom. The lowest BCUT2D eigenvalue weighted by Gasteiger charge is -2.34. The largest absolute Gasteiger partial charge is 0.369 e. The molecule has 4 rings (SSSR count). The topological polar surface area (TPSA) is 32.3 Å². The van der Waals surface area contributed by atoms with Gasteiger partial charge in [0.2, 0.25) is 0 Å². The number of piperazine rings is 1. The van der Waals surface area contributed by atoms with Crippen LogP contribution in [0.4, 0.5) is 5.69 Å². The van der Waals surface area contributed by atoms with Crippen LogP contribution in [0.15, 0.2) is 55.4 Å². The summed E-state index contributed by atoms with van der Waals surface area (Å²) in [5.74, 6) is 0. The van der Waals surface area contributed by atoms with Crippen molar-refractivity contribution in [1.29, 1.82) is 0 Å². The van der Waals surface area contributed by atoms with Crippen molar-refractivity contribution < 1.29 is 0 Å². The van der Waals surface area contributed by atoms with Crippen molar-refractivity contribution in [2.75, 3.05) is 38.1 Å². The highest BCUT2D eigenvalue weighted by molar-refractivity contribution is 5.93. The summed E-state index contributed by atoms with van der Waals surface area (Å²) in [7, 11) is 2.18. The van der Waals surface area contributed by atoms with Crippen LogP contribution in [-0.2, 0) is 0 Å². The second kappa shape index (κ2) is 6.65. The van der Waals surface area contributed by atoms with Crippen molar-refractivity contribution in [3.63, 3.8) is 0 Å². The van der Waals surface area contributed by atoms with Crippen molar-refractivity contribution in [1.82, 2.24) is 14.9 Å². The van der Waals surface area contributed by atoms with E-state index in [-0.39, 0.29) is 0 Å². The van der Waals surface area contributed by atoms with E-state index >= 15 is 0 Å². The standard InChI is InChI=1S/C21H22N4/c1-3-16-7-8-20-19(13-16)21(23-15-22-20)17-5-4-6-18(14-17)25-11-9-24(2)10-12-25/h3-8,13-15H,1,9-12H2,2H3. The third kappa shape index (κ3) is 3.13. The van der Waals surface area contributed by atoms with Gasteiger partial charge in [-0.05, 0) is 36.9 Å². The molecule has 1 aromatic heterocycles. The Kier molecular flexibility index (Phi) is 4.20. The van der Waals surface area contributed by atoms with Gasteiger partial charge in [0.25, 0.3) is 0 Å². The van der Waals surface area contributed by atoms with Crippen LogP contribution in [0.1, 0.15) is 5.56 Å². The van der Waals surface area contributed by atoms with Gasteiger partial charge in [0.1, 0.15) is 6.33 Å². The van der Waals surface area contributed by atoms with Gasteiger partial charge >= 0.3 is 0 Å². The lowest BCUT2D eigenvalue weighted by molar-refractivity contribution is 0.313. The third-order valence-corrected chi connectivity index (χ3v) is 4.88. The smallest absolute Gasteiger partial charge is 0.116 e. The Balaban J connectivity index is 1.76. The predicted octanol–water partition coefficient (Wildman–Crippen LogP) is 3.69. The summed E-state index contributed by atoms with van der Waals surface area (Å²) in [5.41, 5.74) is 5.41. The Morgan fingerprint density at radius 2 is 1.84 bits per heavy atom. The van der Waals surface area contributed by atoms with Gasteiger partial charge in [0, 0.05) is 42.8 Å². The minimum Gasteiger partial charge on any atom is -0.369 e. The molecule has 0 bridgehead atoms. The van der Waals surface area contributed by atoms with Gasteiger partial charge in [0.15, 0.2) is 0 Å². The average Bonchev–Trinajstić information content (AvgIpc) is 2.67. The number of nitrogens with zero attached hydrogens (tertiary/aromatic N) is 4. The van der Waals surface area contributed by atoms with Crippen LogP contribution >= 0.6 is 0 Å². The zero-order chi connectivity index (χ0) is 17.2. The summed E-state index contributed by atoms with van der Waals surface area (Å²) in [4.78, 5) is 13.8. The van der Waals surface area contributed by atoms with Crippen LogP contribution in [0, 0.1) is 0 Å². The minimum absolute atomic E-state index is 0.959. The Morgan fingerprint density at radius 3 is 2.64 bits per heavy atom. The first-order valence-electron chi connectivity index (χ1n) is 8.66. The first kappa shape index (κ1) is 15.8. The number of likely N-dealkylation sites (N-methyl/N-ethyl adjacent to an activating group) is 1. The number of benzene rings is 2. The maximum absolute atomic E-state index is 4.58. The Bertz CT molecular complexity index is 911. The van der Waals surface area contributed by atoms with Crippen molar-refractivity contribution >= 4 is 22.7 Å². The SMILES string of the molecule is C=Cc1ccc2ncnc(-c3cccc(N4CCN(C)CC4)c3)c2c1. The summed E-state index contributed by atoms with van der Waals surface area (Å²) in [6, 6.07) is 14.9. The monoisotopic (exact) mass is 330 g/mol. The van der Waals surface area contributed by atoms with Gasteiger partial charge in [-0.15, -0.1) is 0 Å². The number of hydrogen-bond acceptors (Lipinski definition) is 4. The van der Waals surface area contributed by atoms with Crippen LogP contribution in [0.5, 0.6) is 0 Å². The van der Waals surface area contributed by atoms with E-state index in [9.17, 15) is 0 Å². The highest BCUT2D eigenvalue weighted by atomic mass is 15.2. The molecular formula is C21H22N4. The van der Waals surface area contributed by atoms with Gasteiger partial charge in [-0.2, -0.15) is 0 Å². The molecule has 1 aliphatic rings. The maximum atomic E-state index is 4.58. The molecule has 25 heavy (non-hydrogen) atoms. The number of hydrogen-bond donors (Lipinski definition) is 0. The second-order valence-corrected chi connectivity index (χ2v) is 6.54. The fourth-order valence-corrected chi connectivity index (χ4v) is 3.35. The predicted molar refractivity (Wildman–Crippen MR) is 105 cm³/mol. The summed E-state index contributed by atoms with van der Waals surface area (Å²) >= 11 is 0. The molecule has 1 aliphatic heterocycles. The molecule has 2 aromatic carbocycles. The van der Waals surface area contributed by atoms with Crippen LogP contribution in [0.3, 0.4) is 0 Å². The molecule has 4 nitrogen and oxygen atoms in total. The Labute approximate surface area is 148 Å². The van der Waals surface area contributed by atoms with Gasteiger partial charge in [-0.1, -0.05) is 30.9 Å². The number of anilines is 1. The van der Waals surface area contributed by atoms with Crippen LogP contribution < -0.4 is 4.90 Å². The fraction of sp³-hybridized carbons (Fsp3) is 0.238. The third-order valence-electron chi connectivity index (χ3n) is 4.88. The summed E-state index contributed by atoms with van der Waals surface area (Å²) < 4.78 is 0. The van der Waals surface area contributed by atoms with E-state index in [4.69, 9.17) is 0 Å². The van der Waals surface area contributed by atoms with Crippen molar-refractivity contribution in [3.05, 3.63) is 60.9 Å². The Hall–Kier alpha value is -2.72. The number of rotatable bonds is 3. The molecule has 0 radical (unpaired) electrons. The summed E-state index contributed by atoms with van der Waals surface area (Å²) in [6.07, 6.45) is 3.50. The van der Waals surface area contributed by atoms with Crippen LogP contribution in [0.25, 0.3) is 28.2 Å². The lowest BCUT2D eigenvalue weighted by Crippen LogP contribution is -2.44. The normalized spacial score (nSPS) is 15.5. The summed E-state index contributed by atoms with van der Waals surface area (Å²) in [6.45, 7) is 8.19. The zero-order valence-electron chi connectivity index (χ0n) is 14.5. The van der Waals surface area contributed by atoms with Crippen LogP contribution in [0.2, 0.25) is 0 Å². The minimum atomic E-state index is 0.959. The molecule has 1 saturated heterocycles. The van der Waals surface area contributed by atoms with Gasteiger partial charge < -0.3 is 9.80 Å². The van der Waals surface area contributed by atoms with Crippen LogP contribution in [-0.4, -0.2) is 48.1 Å². The van der Waals surface area contributed by atoms with E-state index in [1.807, 2.05) is 18.2 Å². The first-order chi connectivity index (χ1) is 12.2. The molecule has 0 spiro atoms. The lowest BCUT2D eigenvalue weighted by atomic mass is 10.0. The van der Waals surface area contributed by atoms with E-state index < -0.39 is 0 Å².